The Morgan fingerprint density at radius 1 is 1.11 bits per heavy atom. The molecule has 2 saturated carbocycles. The Hall–Kier alpha value is -0.0800. The summed E-state index contributed by atoms with van der Waals surface area (Å²) in [7, 11) is 0. The fourth-order valence-corrected chi connectivity index (χ4v) is 3.86. The summed E-state index contributed by atoms with van der Waals surface area (Å²) < 4.78 is 0. The van der Waals surface area contributed by atoms with Crippen LogP contribution in [0.5, 0.6) is 0 Å². The average molecular weight is 253 g/mol. The molecule has 18 heavy (non-hydrogen) atoms. The zero-order valence-electron chi connectivity index (χ0n) is 12.3. The normalized spacial score (nSPS) is 30.5. The van der Waals surface area contributed by atoms with E-state index in [4.69, 9.17) is 0 Å². The summed E-state index contributed by atoms with van der Waals surface area (Å²) in [6, 6.07) is 0.601. The SMILES string of the molecule is CC1(C)CCCCC1NCC(O)CC1CCCC1. The third kappa shape index (κ3) is 3.96. The molecular weight excluding hydrogens is 222 g/mol. The second kappa shape index (κ2) is 6.38. The molecule has 0 heterocycles. The van der Waals surface area contributed by atoms with Gasteiger partial charge in [-0.15, -0.1) is 0 Å². The molecule has 0 aromatic carbocycles. The van der Waals surface area contributed by atoms with Gasteiger partial charge in [0.05, 0.1) is 6.10 Å². The minimum atomic E-state index is -0.133. The van der Waals surface area contributed by atoms with E-state index in [-0.39, 0.29) is 6.10 Å². The highest BCUT2D eigenvalue weighted by molar-refractivity contribution is 4.88. The number of rotatable bonds is 5. The van der Waals surface area contributed by atoms with E-state index in [1.54, 1.807) is 0 Å². The van der Waals surface area contributed by atoms with Crippen molar-refractivity contribution >= 4 is 0 Å². The summed E-state index contributed by atoms with van der Waals surface area (Å²) in [6.07, 6.45) is 11.6. The predicted molar refractivity (Wildman–Crippen MR) is 76.6 cm³/mol. The number of hydrogen-bond donors (Lipinski definition) is 2. The van der Waals surface area contributed by atoms with E-state index in [0.29, 0.717) is 11.5 Å². The van der Waals surface area contributed by atoms with Gasteiger partial charge in [0.1, 0.15) is 0 Å². The standard InChI is InChI=1S/C16H31NO/c1-16(2)10-6-5-9-15(16)17-12-14(18)11-13-7-3-4-8-13/h13-15,17-18H,3-12H2,1-2H3. The number of hydrogen-bond acceptors (Lipinski definition) is 2. The monoisotopic (exact) mass is 253 g/mol. The molecule has 2 rings (SSSR count). The predicted octanol–water partition coefficient (Wildman–Crippen LogP) is 3.49. The Morgan fingerprint density at radius 2 is 1.78 bits per heavy atom. The van der Waals surface area contributed by atoms with E-state index < -0.39 is 0 Å². The molecule has 0 spiro atoms. The first kappa shape index (κ1) is 14.3. The van der Waals surface area contributed by atoms with Gasteiger partial charge < -0.3 is 10.4 Å². The molecule has 2 N–H and O–H groups in total. The van der Waals surface area contributed by atoms with E-state index >= 15 is 0 Å². The number of aliphatic hydroxyl groups excluding tert-OH is 1. The molecule has 0 saturated heterocycles. The van der Waals surface area contributed by atoms with Gasteiger partial charge in [-0.1, -0.05) is 52.4 Å². The number of aliphatic hydroxyl groups is 1. The molecule has 2 heteroatoms. The second-order valence-electron chi connectivity index (χ2n) is 7.24. The molecule has 0 amide bonds. The van der Waals surface area contributed by atoms with Crippen LogP contribution >= 0.6 is 0 Å². The first-order valence-corrected chi connectivity index (χ1v) is 7.99. The van der Waals surface area contributed by atoms with E-state index in [1.807, 2.05) is 0 Å². The van der Waals surface area contributed by atoms with Crippen LogP contribution in [0.4, 0.5) is 0 Å². The Kier molecular flexibility index (Phi) is 5.08. The summed E-state index contributed by atoms with van der Waals surface area (Å²) >= 11 is 0. The van der Waals surface area contributed by atoms with E-state index in [0.717, 1.165) is 18.9 Å². The molecule has 0 radical (unpaired) electrons. The summed E-state index contributed by atoms with van der Waals surface area (Å²) in [4.78, 5) is 0. The lowest BCUT2D eigenvalue weighted by atomic mass is 9.73. The molecule has 0 bridgehead atoms. The maximum atomic E-state index is 10.1. The smallest absolute Gasteiger partial charge is 0.0667 e. The molecule has 0 aromatic rings. The average Bonchev–Trinajstić information content (AvgIpc) is 2.80. The Labute approximate surface area is 113 Å². The lowest BCUT2D eigenvalue weighted by molar-refractivity contribution is 0.110. The molecule has 0 aliphatic heterocycles. The summed E-state index contributed by atoms with van der Waals surface area (Å²) in [6.45, 7) is 5.53. The Morgan fingerprint density at radius 3 is 2.44 bits per heavy atom. The van der Waals surface area contributed by atoms with Gasteiger partial charge in [0.25, 0.3) is 0 Å². The van der Waals surface area contributed by atoms with Gasteiger partial charge in [0, 0.05) is 12.6 Å². The van der Waals surface area contributed by atoms with Crippen LogP contribution in [0.2, 0.25) is 0 Å². The lowest BCUT2D eigenvalue weighted by Crippen LogP contribution is -2.46. The van der Waals surface area contributed by atoms with Crippen LogP contribution in [0.25, 0.3) is 0 Å². The maximum absolute atomic E-state index is 10.1. The molecule has 106 valence electrons. The van der Waals surface area contributed by atoms with Crippen molar-refractivity contribution in [1.82, 2.24) is 5.32 Å². The van der Waals surface area contributed by atoms with Crippen molar-refractivity contribution in [2.24, 2.45) is 11.3 Å². The summed E-state index contributed by atoms with van der Waals surface area (Å²) in [5.74, 6) is 0.793. The topological polar surface area (TPSA) is 32.3 Å². The van der Waals surface area contributed by atoms with Crippen molar-refractivity contribution in [3.8, 4) is 0 Å². The van der Waals surface area contributed by atoms with Crippen LogP contribution in [0.1, 0.15) is 71.6 Å². The first-order valence-electron chi connectivity index (χ1n) is 7.99. The molecule has 2 aliphatic rings. The highest BCUT2D eigenvalue weighted by atomic mass is 16.3. The van der Waals surface area contributed by atoms with Gasteiger partial charge in [-0.05, 0) is 30.6 Å². The van der Waals surface area contributed by atoms with Gasteiger partial charge in [-0.2, -0.15) is 0 Å². The van der Waals surface area contributed by atoms with Gasteiger partial charge >= 0.3 is 0 Å². The van der Waals surface area contributed by atoms with Crippen molar-refractivity contribution < 1.29 is 5.11 Å². The van der Waals surface area contributed by atoms with E-state index in [2.05, 4.69) is 19.2 Å². The fraction of sp³-hybridized carbons (Fsp3) is 1.00. The lowest BCUT2D eigenvalue weighted by Gasteiger charge is -2.39. The van der Waals surface area contributed by atoms with Gasteiger partial charge in [-0.3, -0.25) is 0 Å². The van der Waals surface area contributed by atoms with Crippen LogP contribution in [0.3, 0.4) is 0 Å². The molecule has 0 aromatic heterocycles. The minimum absolute atomic E-state index is 0.133. The van der Waals surface area contributed by atoms with Crippen LogP contribution < -0.4 is 5.32 Å². The fourth-order valence-electron chi connectivity index (χ4n) is 3.86. The molecule has 2 unspecified atom stereocenters. The zero-order chi connectivity index (χ0) is 13.0. The molecule has 2 nitrogen and oxygen atoms in total. The van der Waals surface area contributed by atoms with Gasteiger partial charge in [0.2, 0.25) is 0 Å². The van der Waals surface area contributed by atoms with Crippen molar-refractivity contribution in [2.75, 3.05) is 6.54 Å². The van der Waals surface area contributed by atoms with Crippen molar-refractivity contribution in [3.63, 3.8) is 0 Å². The van der Waals surface area contributed by atoms with Gasteiger partial charge in [-0.25, -0.2) is 0 Å². The summed E-state index contributed by atoms with van der Waals surface area (Å²) in [5, 5.41) is 13.8. The van der Waals surface area contributed by atoms with Crippen LogP contribution in [-0.4, -0.2) is 23.8 Å². The quantitative estimate of drug-likeness (QED) is 0.786. The van der Waals surface area contributed by atoms with E-state index in [9.17, 15) is 5.11 Å². The third-order valence-electron chi connectivity index (χ3n) is 5.19. The Bertz CT molecular complexity index is 245. The largest absolute Gasteiger partial charge is 0.392 e. The van der Waals surface area contributed by atoms with Crippen molar-refractivity contribution in [2.45, 2.75) is 83.8 Å². The molecular formula is C16H31NO. The van der Waals surface area contributed by atoms with Crippen molar-refractivity contribution in [3.05, 3.63) is 0 Å². The van der Waals surface area contributed by atoms with E-state index in [1.165, 1.54) is 51.4 Å². The second-order valence-corrected chi connectivity index (χ2v) is 7.24. The highest BCUT2D eigenvalue weighted by Crippen LogP contribution is 2.35. The minimum Gasteiger partial charge on any atom is -0.392 e. The first-order chi connectivity index (χ1) is 8.58. The molecule has 2 atom stereocenters. The third-order valence-corrected chi connectivity index (χ3v) is 5.19. The van der Waals surface area contributed by atoms with Crippen LogP contribution in [-0.2, 0) is 0 Å². The summed E-state index contributed by atoms with van der Waals surface area (Å²) in [5.41, 5.74) is 0.408. The van der Waals surface area contributed by atoms with Crippen LogP contribution in [0, 0.1) is 11.3 Å². The maximum Gasteiger partial charge on any atom is 0.0667 e. The molecule has 2 aliphatic carbocycles. The van der Waals surface area contributed by atoms with Gasteiger partial charge in [0.15, 0.2) is 0 Å². The highest BCUT2D eigenvalue weighted by Gasteiger charge is 2.32. The van der Waals surface area contributed by atoms with Crippen molar-refractivity contribution in [1.29, 1.82) is 0 Å². The zero-order valence-corrected chi connectivity index (χ0v) is 12.3. The molecule has 2 fully saturated rings. The number of nitrogens with one attached hydrogen (secondary N) is 1. The van der Waals surface area contributed by atoms with Crippen LogP contribution in [0.15, 0.2) is 0 Å². The Balaban J connectivity index is 1.69.